The third-order valence-corrected chi connectivity index (χ3v) is 3.84. The second-order valence-electron chi connectivity index (χ2n) is 4.44. The highest BCUT2D eigenvalue weighted by atomic mass is 32.2. The molecule has 0 saturated carbocycles. The van der Waals surface area contributed by atoms with Crippen molar-refractivity contribution < 1.29 is 17.9 Å². The van der Waals surface area contributed by atoms with Gasteiger partial charge in [0.25, 0.3) is 16.1 Å². The van der Waals surface area contributed by atoms with Gasteiger partial charge in [0.2, 0.25) is 0 Å². The van der Waals surface area contributed by atoms with Crippen LogP contribution in [0.4, 0.5) is 5.69 Å². The maximum absolute atomic E-state index is 11.9. The summed E-state index contributed by atoms with van der Waals surface area (Å²) in [5, 5.41) is 7.88. The van der Waals surface area contributed by atoms with Crippen molar-refractivity contribution in [3.63, 3.8) is 0 Å². The molecular formula is C12H17N3O4S. The lowest BCUT2D eigenvalue weighted by atomic mass is 10.2. The van der Waals surface area contributed by atoms with E-state index in [0.717, 1.165) is 10.7 Å². The number of para-hydroxylation sites is 2. The second kappa shape index (κ2) is 5.68. The first kappa shape index (κ1) is 14.6. The topological polar surface area (TPSA) is 102 Å². The monoisotopic (exact) mass is 299 g/mol. The molecule has 1 amide bonds. The average Bonchev–Trinajstić information content (AvgIpc) is 2.42. The highest BCUT2D eigenvalue weighted by molar-refractivity contribution is 7.90. The Morgan fingerprint density at radius 3 is 2.85 bits per heavy atom. The molecular weight excluding hydrogens is 282 g/mol. The maximum atomic E-state index is 11.9. The van der Waals surface area contributed by atoms with Gasteiger partial charge in [-0.3, -0.25) is 4.79 Å². The van der Waals surface area contributed by atoms with E-state index in [9.17, 15) is 13.2 Å². The Kier molecular flexibility index (Phi) is 4.15. The number of amides is 1. The summed E-state index contributed by atoms with van der Waals surface area (Å²) in [6.45, 7) is 2.30. The first-order valence-corrected chi connectivity index (χ1v) is 7.77. The third-order valence-electron chi connectivity index (χ3n) is 2.88. The normalized spacial score (nSPS) is 18.1. The van der Waals surface area contributed by atoms with E-state index in [-0.39, 0.29) is 12.5 Å². The zero-order chi connectivity index (χ0) is 14.8. The molecule has 0 aromatic heterocycles. The van der Waals surface area contributed by atoms with Gasteiger partial charge in [0.1, 0.15) is 5.75 Å². The molecule has 1 aromatic carbocycles. The minimum Gasteiger partial charge on any atom is -0.476 e. The lowest BCUT2D eigenvalue weighted by molar-refractivity contribution is -0.127. The van der Waals surface area contributed by atoms with Crippen molar-refractivity contribution >= 4 is 21.8 Å². The number of hydrogen-bond donors (Lipinski definition) is 2. The summed E-state index contributed by atoms with van der Waals surface area (Å²) in [6.07, 6.45) is -0.122. The number of hydrogen-bond acceptors (Lipinski definition) is 4. The molecule has 1 atom stereocenters. The first-order valence-electron chi connectivity index (χ1n) is 6.27. The van der Waals surface area contributed by atoms with Gasteiger partial charge in [-0.1, -0.05) is 19.1 Å². The molecule has 0 bridgehead atoms. The molecule has 20 heavy (non-hydrogen) atoms. The van der Waals surface area contributed by atoms with Crippen LogP contribution in [-0.2, 0) is 15.0 Å². The van der Waals surface area contributed by atoms with E-state index in [4.69, 9.17) is 9.88 Å². The fourth-order valence-corrected chi connectivity index (χ4v) is 2.71. The van der Waals surface area contributed by atoms with Gasteiger partial charge in [0, 0.05) is 6.54 Å². The van der Waals surface area contributed by atoms with Crippen LogP contribution in [-0.4, -0.2) is 33.5 Å². The molecule has 0 spiro atoms. The van der Waals surface area contributed by atoms with Crippen molar-refractivity contribution in [2.75, 3.05) is 17.4 Å². The molecule has 1 aliphatic rings. The van der Waals surface area contributed by atoms with Crippen molar-refractivity contribution in [3.05, 3.63) is 24.3 Å². The molecule has 1 aliphatic heterocycles. The summed E-state index contributed by atoms with van der Waals surface area (Å²) in [7, 11) is -3.95. The zero-order valence-electron chi connectivity index (χ0n) is 11.1. The van der Waals surface area contributed by atoms with Crippen molar-refractivity contribution in [3.8, 4) is 5.75 Å². The summed E-state index contributed by atoms with van der Waals surface area (Å²) < 4.78 is 29.8. The van der Waals surface area contributed by atoms with Crippen LogP contribution in [0.15, 0.2) is 24.3 Å². The largest absolute Gasteiger partial charge is 0.476 e. The van der Waals surface area contributed by atoms with E-state index in [1.165, 1.54) is 0 Å². The van der Waals surface area contributed by atoms with Crippen LogP contribution in [0, 0.1) is 0 Å². The number of fused-ring (bicyclic) bond motifs is 1. The summed E-state index contributed by atoms with van der Waals surface area (Å²) >= 11 is 0. The Morgan fingerprint density at radius 1 is 1.50 bits per heavy atom. The van der Waals surface area contributed by atoms with Crippen LogP contribution in [0.2, 0.25) is 0 Å². The molecule has 110 valence electrons. The lowest BCUT2D eigenvalue weighted by Gasteiger charge is -2.33. The zero-order valence-corrected chi connectivity index (χ0v) is 11.9. The van der Waals surface area contributed by atoms with Crippen molar-refractivity contribution in [1.29, 1.82) is 0 Å². The molecule has 1 heterocycles. The van der Waals surface area contributed by atoms with E-state index in [2.05, 4.69) is 5.32 Å². The third kappa shape index (κ3) is 3.02. The molecule has 0 aliphatic carbocycles. The number of nitrogens with zero attached hydrogens (tertiary/aromatic N) is 1. The number of carbonyl (C=O) groups is 1. The highest BCUT2D eigenvalue weighted by Gasteiger charge is 2.34. The second-order valence-corrected chi connectivity index (χ2v) is 5.91. The number of benzene rings is 1. The number of rotatable bonds is 4. The molecule has 3 N–H and O–H groups in total. The summed E-state index contributed by atoms with van der Waals surface area (Å²) in [5.41, 5.74) is 0.342. The van der Waals surface area contributed by atoms with Crippen LogP contribution in [0.1, 0.15) is 13.3 Å². The molecule has 7 nitrogen and oxygen atoms in total. The van der Waals surface area contributed by atoms with Crippen molar-refractivity contribution in [1.82, 2.24) is 5.32 Å². The molecule has 8 heteroatoms. The number of carbonyl (C=O) groups excluding carboxylic acids is 1. The van der Waals surface area contributed by atoms with E-state index in [0.29, 0.717) is 18.0 Å². The molecule has 0 radical (unpaired) electrons. The predicted octanol–water partition coefficient (Wildman–Crippen LogP) is -0.0163. The van der Waals surface area contributed by atoms with Crippen LogP contribution >= 0.6 is 0 Å². The number of nitrogens with one attached hydrogen (secondary N) is 1. The smallest absolute Gasteiger partial charge is 0.299 e. The SMILES string of the molecule is CCCNC(=O)[C@H]1CN(S(N)(=O)=O)c2ccccc2O1. The van der Waals surface area contributed by atoms with Crippen molar-refractivity contribution in [2.24, 2.45) is 5.14 Å². The fourth-order valence-electron chi connectivity index (χ4n) is 1.94. The van der Waals surface area contributed by atoms with Gasteiger partial charge in [-0.05, 0) is 18.6 Å². The number of anilines is 1. The average molecular weight is 299 g/mol. The van der Waals surface area contributed by atoms with E-state index >= 15 is 0 Å². The molecule has 0 unspecified atom stereocenters. The van der Waals surface area contributed by atoms with Gasteiger partial charge in [-0.2, -0.15) is 8.42 Å². The van der Waals surface area contributed by atoms with Gasteiger partial charge in [-0.25, -0.2) is 9.44 Å². The van der Waals surface area contributed by atoms with Gasteiger partial charge in [0.05, 0.1) is 12.2 Å². The molecule has 2 rings (SSSR count). The standard InChI is InChI=1S/C12H17N3O4S/c1-2-7-14-12(16)11-8-15(20(13,17)18)9-5-3-4-6-10(9)19-11/h3-6,11H,2,7-8H2,1H3,(H,14,16)(H2,13,17,18)/t11-/m1/s1. The van der Waals surface area contributed by atoms with Gasteiger partial charge in [-0.15, -0.1) is 0 Å². The highest BCUT2D eigenvalue weighted by Crippen LogP contribution is 2.34. The van der Waals surface area contributed by atoms with Crippen LogP contribution in [0.3, 0.4) is 0 Å². The Labute approximate surface area is 117 Å². The minimum absolute atomic E-state index is 0.134. The minimum atomic E-state index is -3.95. The summed E-state index contributed by atoms with van der Waals surface area (Å²) in [6, 6.07) is 6.57. The van der Waals surface area contributed by atoms with Gasteiger partial charge < -0.3 is 10.1 Å². The Morgan fingerprint density at radius 2 is 2.20 bits per heavy atom. The predicted molar refractivity (Wildman–Crippen MR) is 74.6 cm³/mol. The Hall–Kier alpha value is -1.80. The Balaban J connectivity index is 2.29. The number of ether oxygens (including phenoxy) is 1. The van der Waals surface area contributed by atoms with Crippen LogP contribution in [0.5, 0.6) is 5.75 Å². The van der Waals surface area contributed by atoms with Crippen LogP contribution < -0.4 is 19.5 Å². The fraction of sp³-hybridized carbons (Fsp3) is 0.417. The summed E-state index contributed by atoms with van der Waals surface area (Å²) in [4.78, 5) is 11.9. The van der Waals surface area contributed by atoms with Gasteiger partial charge >= 0.3 is 0 Å². The number of nitrogens with two attached hydrogens (primary N) is 1. The molecule has 0 fully saturated rings. The molecule has 1 aromatic rings. The van der Waals surface area contributed by atoms with Crippen LogP contribution in [0.25, 0.3) is 0 Å². The molecule has 0 saturated heterocycles. The lowest BCUT2D eigenvalue weighted by Crippen LogP contribution is -2.52. The van der Waals surface area contributed by atoms with Gasteiger partial charge in [0.15, 0.2) is 6.10 Å². The maximum Gasteiger partial charge on any atom is 0.299 e. The van der Waals surface area contributed by atoms with Crippen molar-refractivity contribution in [2.45, 2.75) is 19.4 Å². The van der Waals surface area contributed by atoms with E-state index in [1.54, 1.807) is 24.3 Å². The Bertz CT molecular complexity index is 602. The van der Waals surface area contributed by atoms with E-state index in [1.807, 2.05) is 6.92 Å². The van der Waals surface area contributed by atoms with E-state index < -0.39 is 16.3 Å². The summed E-state index contributed by atoms with van der Waals surface area (Å²) in [5.74, 6) is -0.0283. The quantitative estimate of drug-likeness (QED) is 0.816. The first-order chi connectivity index (χ1) is 9.43.